The summed E-state index contributed by atoms with van der Waals surface area (Å²) in [5.74, 6) is -0.0741. The highest BCUT2D eigenvalue weighted by atomic mass is 35.5. The summed E-state index contributed by atoms with van der Waals surface area (Å²) in [7, 11) is 1.78. The van der Waals surface area contributed by atoms with Crippen molar-refractivity contribution in [1.29, 1.82) is 0 Å². The van der Waals surface area contributed by atoms with E-state index in [1.165, 1.54) is 18.3 Å². The van der Waals surface area contributed by atoms with E-state index in [1.807, 2.05) is 24.3 Å². The summed E-state index contributed by atoms with van der Waals surface area (Å²) in [5, 5.41) is 2.70. The van der Waals surface area contributed by atoms with Crippen LogP contribution in [0.15, 0.2) is 36.4 Å². The molecule has 0 unspecified atom stereocenters. The number of thiophene rings is 1. The molecular weight excluding hydrogens is 320 g/mol. The van der Waals surface area contributed by atoms with Crippen molar-refractivity contribution in [3.05, 3.63) is 51.2 Å². The van der Waals surface area contributed by atoms with Crippen molar-refractivity contribution < 1.29 is 9.59 Å². The number of rotatable bonds is 5. The van der Waals surface area contributed by atoms with E-state index in [9.17, 15) is 9.59 Å². The molecule has 6 heteroatoms. The van der Waals surface area contributed by atoms with Gasteiger partial charge in [-0.05, 0) is 29.8 Å². The number of anilines is 1. The van der Waals surface area contributed by atoms with Gasteiger partial charge < -0.3 is 10.2 Å². The molecule has 0 fully saturated rings. The third-order valence-corrected chi connectivity index (χ3v) is 4.29. The zero-order valence-corrected chi connectivity index (χ0v) is 14.0. The van der Waals surface area contributed by atoms with Gasteiger partial charge in [-0.25, -0.2) is 0 Å². The van der Waals surface area contributed by atoms with Gasteiger partial charge in [-0.1, -0.05) is 23.7 Å². The molecule has 0 aliphatic rings. The van der Waals surface area contributed by atoms with E-state index in [-0.39, 0.29) is 11.8 Å². The molecule has 2 amide bonds. The Hall–Kier alpha value is -1.85. The van der Waals surface area contributed by atoms with Crippen LogP contribution in [0.2, 0.25) is 4.34 Å². The summed E-state index contributed by atoms with van der Waals surface area (Å²) in [6.07, 6.45) is 0.329. The van der Waals surface area contributed by atoms with Crippen LogP contribution in [-0.2, 0) is 22.6 Å². The lowest BCUT2D eigenvalue weighted by atomic mass is 10.1. The molecule has 1 heterocycles. The average molecular weight is 337 g/mol. The molecule has 2 rings (SSSR count). The number of carbonyl (C=O) groups excluding carboxylic acids is 2. The van der Waals surface area contributed by atoms with Crippen molar-refractivity contribution in [2.45, 2.75) is 19.9 Å². The molecule has 2 aromatic rings. The lowest BCUT2D eigenvalue weighted by Gasteiger charge is -2.16. The van der Waals surface area contributed by atoms with Gasteiger partial charge in [-0.3, -0.25) is 9.59 Å². The zero-order valence-electron chi connectivity index (χ0n) is 12.4. The first kappa shape index (κ1) is 16.5. The number of halogens is 1. The number of amides is 2. The Bertz CT molecular complexity index is 667. The molecule has 0 radical (unpaired) electrons. The predicted octanol–water partition coefficient (Wildman–Crippen LogP) is 3.56. The molecule has 4 nitrogen and oxygen atoms in total. The number of hydrogen-bond acceptors (Lipinski definition) is 3. The molecule has 0 bridgehead atoms. The highest BCUT2D eigenvalue weighted by Crippen LogP contribution is 2.22. The van der Waals surface area contributed by atoms with Crippen molar-refractivity contribution in [2.24, 2.45) is 0 Å². The molecule has 116 valence electrons. The quantitative estimate of drug-likeness (QED) is 0.907. The highest BCUT2D eigenvalue weighted by molar-refractivity contribution is 7.16. The molecule has 0 spiro atoms. The van der Waals surface area contributed by atoms with Crippen LogP contribution in [0.4, 0.5) is 5.69 Å². The van der Waals surface area contributed by atoms with Gasteiger partial charge in [-0.15, -0.1) is 11.3 Å². The Morgan fingerprint density at radius 1 is 1.18 bits per heavy atom. The van der Waals surface area contributed by atoms with E-state index < -0.39 is 0 Å². The lowest BCUT2D eigenvalue weighted by molar-refractivity contribution is -0.129. The van der Waals surface area contributed by atoms with Crippen LogP contribution in [0.5, 0.6) is 0 Å². The number of likely N-dealkylation sites (N-methyl/N-ethyl adjacent to an activating group) is 1. The Morgan fingerprint density at radius 2 is 1.86 bits per heavy atom. The fourth-order valence-electron chi connectivity index (χ4n) is 1.98. The molecule has 0 aliphatic heterocycles. The summed E-state index contributed by atoms with van der Waals surface area (Å²) in [4.78, 5) is 25.9. The minimum atomic E-state index is -0.113. The first-order valence-corrected chi connectivity index (χ1v) is 7.98. The Labute approximate surface area is 138 Å². The summed E-state index contributed by atoms with van der Waals surface area (Å²) in [6.45, 7) is 2.02. The molecule has 0 aliphatic carbocycles. The van der Waals surface area contributed by atoms with E-state index in [4.69, 9.17) is 11.6 Å². The van der Waals surface area contributed by atoms with Gasteiger partial charge in [0.1, 0.15) is 0 Å². The second-order valence-electron chi connectivity index (χ2n) is 5.01. The van der Waals surface area contributed by atoms with E-state index in [0.717, 1.165) is 20.5 Å². The van der Waals surface area contributed by atoms with E-state index in [0.29, 0.717) is 13.0 Å². The van der Waals surface area contributed by atoms with Crippen molar-refractivity contribution >= 4 is 40.4 Å². The Morgan fingerprint density at radius 3 is 2.41 bits per heavy atom. The van der Waals surface area contributed by atoms with Crippen LogP contribution in [0.3, 0.4) is 0 Å². The number of nitrogens with one attached hydrogen (secondary N) is 1. The summed E-state index contributed by atoms with van der Waals surface area (Å²) < 4.78 is 0.726. The van der Waals surface area contributed by atoms with Gasteiger partial charge in [-0.2, -0.15) is 0 Å². The molecule has 22 heavy (non-hydrogen) atoms. The summed E-state index contributed by atoms with van der Waals surface area (Å²) >= 11 is 7.37. The summed E-state index contributed by atoms with van der Waals surface area (Å²) in [6, 6.07) is 11.0. The zero-order chi connectivity index (χ0) is 16.1. The predicted molar refractivity (Wildman–Crippen MR) is 90.3 cm³/mol. The number of hydrogen-bond donors (Lipinski definition) is 1. The normalized spacial score (nSPS) is 10.3. The van der Waals surface area contributed by atoms with E-state index >= 15 is 0 Å². The van der Waals surface area contributed by atoms with Crippen LogP contribution in [0.25, 0.3) is 0 Å². The third-order valence-electron chi connectivity index (χ3n) is 3.08. The SMILES string of the molecule is CC(=O)Nc1ccc(CC(=O)N(C)Cc2ccc(Cl)s2)cc1. The number of nitrogens with zero attached hydrogens (tertiary/aromatic N) is 1. The third kappa shape index (κ3) is 4.86. The number of carbonyl (C=O) groups is 2. The van der Waals surface area contributed by atoms with Crippen LogP contribution in [0, 0.1) is 0 Å². The molecule has 0 atom stereocenters. The van der Waals surface area contributed by atoms with Gasteiger partial charge in [0, 0.05) is 24.5 Å². The van der Waals surface area contributed by atoms with Crippen LogP contribution < -0.4 is 5.32 Å². The maximum absolute atomic E-state index is 12.2. The topological polar surface area (TPSA) is 49.4 Å². The maximum atomic E-state index is 12.2. The van der Waals surface area contributed by atoms with Gasteiger partial charge in [0.25, 0.3) is 0 Å². The van der Waals surface area contributed by atoms with Gasteiger partial charge in [0.05, 0.1) is 17.3 Å². The van der Waals surface area contributed by atoms with Crippen LogP contribution in [0.1, 0.15) is 17.4 Å². The second kappa shape index (κ2) is 7.42. The smallest absolute Gasteiger partial charge is 0.227 e. The molecule has 0 saturated carbocycles. The molecule has 1 aromatic carbocycles. The second-order valence-corrected chi connectivity index (χ2v) is 6.81. The van der Waals surface area contributed by atoms with Crippen LogP contribution in [-0.4, -0.2) is 23.8 Å². The Kier molecular flexibility index (Phi) is 5.57. The highest BCUT2D eigenvalue weighted by Gasteiger charge is 2.11. The first-order chi connectivity index (χ1) is 10.4. The molecule has 0 saturated heterocycles. The van der Waals surface area contributed by atoms with Gasteiger partial charge >= 0.3 is 0 Å². The largest absolute Gasteiger partial charge is 0.340 e. The van der Waals surface area contributed by atoms with Crippen molar-refractivity contribution in [3.8, 4) is 0 Å². The monoisotopic (exact) mass is 336 g/mol. The standard InChI is InChI=1S/C16H17ClN2O2S/c1-11(20)18-13-5-3-12(4-6-13)9-16(21)19(2)10-14-7-8-15(17)22-14/h3-8H,9-10H2,1-2H3,(H,18,20). The van der Waals surface area contributed by atoms with Crippen molar-refractivity contribution in [2.75, 3.05) is 12.4 Å². The fourth-order valence-corrected chi connectivity index (χ4v) is 3.12. The fraction of sp³-hybridized carbons (Fsp3) is 0.250. The number of benzene rings is 1. The first-order valence-electron chi connectivity index (χ1n) is 6.79. The molecule has 1 N–H and O–H groups in total. The van der Waals surface area contributed by atoms with E-state index in [2.05, 4.69) is 5.32 Å². The van der Waals surface area contributed by atoms with Gasteiger partial charge in [0.2, 0.25) is 11.8 Å². The molecule has 1 aromatic heterocycles. The van der Waals surface area contributed by atoms with Crippen molar-refractivity contribution in [3.63, 3.8) is 0 Å². The summed E-state index contributed by atoms with van der Waals surface area (Å²) in [5.41, 5.74) is 1.64. The van der Waals surface area contributed by atoms with Crippen molar-refractivity contribution in [1.82, 2.24) is 4.90 Å². The Balaban J connectivity index is 1.91. The minimum Gasteiger partial charge on any atom is -0.340 e. The average Bonchev–Trinajstić information content (AvgIpc) is 2.85. The maximum Gasteiger partial charge on any atom is 0.227 e. The van der Waals surface area contributed by atoms with Crippen LogP contribution >= 0.6 is 22.9 Å². The minimum absolute atomic E-state index is 0.0387. The molecular formula is C16H17ClN2O2S. The van der Waals surface area contributed by atoms with Gasteiger partial charge in [0.15, 0.2) is 0 Å². The lowest BCUT2D eigenvalue weighted by Crippen LogP contribution is -2.27. The van der Waals surface area contributed by atoms with E-state index in [1.54, 1.807) is 24.1 Å².